The van der Waals surface area contributed by atoms with Crippen molar-refractivity contribution in [2.75, 3.05) is 25.5 Å². The van der Waals surface area contributed by atoms with Gasteiger partial charge in [0.25, 0.3) is 5.91 Å². The van der Waals surface area contributed by atoms with E-state index in [1.165, 1.54) is 11.3 Å². The highest BCUT2D eigenvalue weighted by Gasteiger charge is 2.30. The van der Waals surface area contributed by atoms with Crippen molar-refractivity contribution in [3.05, 3.63) is 65.7 Å². The summed E-state index contributed by atoms with van der Waals surface area (Å²) in [6.45, 7) is 1.05. The van der Waals surface area contributed by atoms with Crippen LogP contribution in [0.3, 0.4) is 0 Å². The van der Waals surface area contributed by atoms with Gasteiger partial charge in [-0.05, 0) is 49.2 Å². The van der Waals surface area contributed by atoms with E-state index in [0.717, 1.165) is 34.8 Å². The molecule has 1 atom stereocenters. The average Bonchev–Trinajstić information content (AvgIpc) is 3.30. The summed E-state index contributed by atoms with van der Waals surface area (Å²) in [4.78, 5) is 31.9. The summed E-state index contributed by atoms with van der Waals surface area (Å²) in [7, 11) is 1.63. The van der Waals surface area contributed by atoms with Crippen molar-refractivity contribution in [2.45, 2.75) is 12.8 Å². The van der Waals surface area contributed by atoms with Crippen LogP contribution in [0.4, 0.5) is 5.69 Å². The van der Waals surface area contributed by atoms with Gasteiger partial charge in [0, 0.05) is 29.7 Å². The Morgan fingerprint density at radius 3 is 2.63 bits per heavy atom. The van der Waals surface area contributed by atoms with Crippen LogP contribution in [0.5, 0.6) is 5.75 Å². The number of nitrogens with one attached hydrogen (secondary N) is 1. The molecular formula is C23H23N3O3S. The van der Waals surface area contributed by atoms with E-state index < -0.39 is 0 Å². The average molecular weight is 422 g/mol. The zero-order valence-corrected chi connectivity index (χ0v) is 17.5. The molecule has 2 heterocycles. The fourth-order valence-corrected chi connectivity index (χ4v) is 4.34. The molecule has 1 saturated heterocycles. The molecule has 1 N–H and O–H groups in total. The number of hydrogen-bond acceptors (Lipinski definition) is 5. The Bertz CT molecular complexity index is 1020. The first-order valence-electron chi connectivity index (χ1n) is 9.89. The Balaban J connectivity index is 1.41. The number of methoxy groups -OCH3 is 1. The van der Waals surface area contributed by atoms with Crippen LogP contribution in [-0.4, -0.2) is 41.9 Å². The maximum Gasteiger partial charge on any atom is 0.273 e. The van der Waals surface area contributed by atoms with Gasteiger partial charge in [-0.15, -0.1) is 11.3 Å². The van der Waals surface area contributed by atoms with E-state index in [1.807, 2.05) is 54.6 Å². The van der Waals surface area contributed by atoms with Crippen LogP contribution in [0.15, 0.2) is 60.0 Å². The second-order valence-corrected chi connectivity index (χ2v) is 8.07. The van der Waals surface area contributed by atoms with Gasteiger partial charge in [0.2, 0.25) is 5.91 Å². The highest BCUT2D eigenvalue weighted by Crippen LogP contribution is 2.27. The van der Waals surface area contributed by atoms with Crippen LogP contribution in [0, 0.1) is 5.92 Å². The van der Waals surface area contributed by atoms with E-state index in [1.54, 1.807) is 17.4 Å². The van der Waals surface area contributed by atoms with Gasteiger partial charge in [-0.3, -0.25) is 9.59 Å². The summed E-state index contributed by atoms with van der Waals surface area (Å²) < 4.78 is 5.18. The summed E-state index contributed by atoms with van der Waals surface area (Å²) in [5.74, 6) is 0.390. The summed E-state index contributed by atoms with van der Waals surface area (Å²) in [6, 6.07) is 17.0. The lowest BCUT2D eigenvalue weighted by Gasteiger charge is -2.31. The lowest BCUT2D eigenvalue weighted by molar-refractivity contribution is -0.121. The van der Waals surface area contributed by atoms with Crippen molar-refractivity contribution in [1.29, 1.82) is 0 Å². The van der Waals surface area contributed by atoms with Crippen molar-refractivity contribution in [2.24, 2.45) is 5.92 Å². The standard InChI is InChI=1S/C23H23N3O3S/c1-29-19-11-9-16(10-12-19)22-25-20(15-30-22)23(28)26-13-5-6-17(14-26)21(27)24-18-7-3-2-4-8-18/h2-4,7-12,15,17H,5-6,13-14H2,1H3,(H,24,27). The third-order valence-electron chi connectivity index (χ3n) is 5.18. The molecule has 30 heavy (non-hydrogen) atoms. The fourth-order valence-electron chi connectivity index (χ4n) is 3.54. The summed E-state index contributed by atoms with van der Waals surface area (Å²) in [5.41, 5.74) is 2.14. The number of thiazole rings is 1. The van der Waals surface area contributed by atoms with Crippen molar-refractivity contribution in [3.63, 3.8) is 0 Å². The zero-order chi connectivity index (χ0) is 20.9. The zero-order valence-electron chi connectivity index (χ0n) is 16.7. The Morgan fingerprint density at radius 2 is 1.90 bits per heavy atom. The number of carbonyl (C=O) groups excluding carboxylic acids is 2. The lowest BCUT2D eigenvalue weighted by Crippen LogP contribution is -2.43. The second-order valence-electron chi connectivity index (χ2n) is 7.21. The van der Waals surface area contributed by atoms with Crippen LogP contribution >= 0.6 is 11.3 Å². The molecule has 0 aliphatic carbocycles. The molecule has 0 bridgehead atoms. The molecule has 0 spiro atoms. The molecule has 2 amide bonds. The molecule has 1 fully saturated rings. The molecule has 4 rings (SSSR count). The molecule has 1 unspecified atom stereocenters. The van der Waals surface area contributed by atoms with E-state index in [0.29, 0.717) is 18.8 Å². The minimum atomic E-state index is -0.220. The Kier molecular flexibility index (Phi) is 6.09. The molecule has 6 nitrogen and oxygen atoms in total. The van der Waals surface area contributed by atoms with Gasteiger partial charge in [0.15, 0.2) is 0 Å². The Hall–Kier alpha value is -3.19. The van der Waals surface area contributed by atoms with Crippen molar-refractivity contribution in [1.82, 2.24) is 9.88 Å². The first kappa shape index (κ1) is 20.1. The number of likely N-dealkylation sites (tertiary alicyclic amines) is 1. The lowest BCUT2D eigenvalue weighted by atomic mass is 9.96. The highest BCUT2D eigenvalue weighted by molar-refractivity contribution is 7.13. The van der Waals surface area contributed by atoms with Crippen LogP contribution < -0.4 is 10.1 Å². The molecule has 1 aromatic heterocycles. The van der Waals surface area contributed by atoms with Crippen LogP contribution in [0.1, 0.15) is 23.3 Å². The number of hydrogen-bond donors (Lipinski definition) is 1. The van der Waals surface area contributed by atoms with E-state index >= 15 is 0 Å². The Labute approximate surface area is 179 Å². The van der Waals surface area contributed by atoms with E-state index in [9.17, 15) is 9.59 Å². The quantitative estimate of drug-likeness (QED) is 0.666. The maximum absolute atomic E-state index is 13.0. The van der Waals surface area contributed by atoms with E-state index in [4.69, 9.17) is 4.74 Å². The number of benzene rings is 2. The van der Waals surface area contributed by atoms with Gasteiger partial charge in [0.05, 0.1) is 13.0 Å². The van der Waals surface area contributed by atoms with Gasteiger partial charge in [-0.2, -0.15) is 0 Å². The molecule has 1 aliphatic rings. The van der Waals surface area contributed by atoms with Gasteiger partial charge in [-0.25, -0.2) is 4.98 Å². The van der Waals surface area contributed by atoms with Crippen LogP contribution in [0.25, 0.3) is 10.6 Å². The smallest absolute Gasteiger partial charge is 0.273 e. The van der Waals surface area contributed by atoms with E-state index in [2.05, 4.69) is 10.3 Å². The number of ether oxygens (including phenoxy) is 1. The van der Waals surface area contributed by atoms with Gasteiger partial charge < -0.3 is 15.0 Å². The number of piperidine rings is 1. The van der Waals surface area contributed by atoms with Gasteiger partial charge in [-0.1, -0.05) is 18.2 Å². The molecule has 0 saturated carbocycles. The normalized spacial score (nSPS) is 16.2. The highest BCUT2D eigenvalue weighted by atomic mass is 32.1. The molecule has 3 aromatic rings. The maximum atomic E-state index is 13.0. The Morgan fingerprint density at radius 1 is 1.13 bits per heavy atom. The second kappa shape index (κ2) is 9.09. The number of amides is 2. The number of aromatic nitrogens is 1. The largest absolute Gasteiger partial charge is 0.497 e. The van der Waals surface area contributed by atoms with Crippen LogP contribution in [-0.2, 0) is 4.79 Å². The monoisotopic (exact) mass is 421 g/mol. The first-order valence-corrected chi connectivity index (χ1v) is 10.8. The third-order valence-corrected chi connectivity index (χ3v) is 6.07. The van der Waals surface area contributed by atoms with Crippen molar-refractivity contribution in [3.8, 4) is 16.3 Å². The predicted molar refractivity (Wildman–Crippen MR) is 118 cm³/mol. The number of para-hydroxylation sites is 1. The molecule has 1 aliphatic heterocycles. The van der Waals surface area contributed by atoms with Gasteiger partial charge in [0.1, 0.15) is 16.5 Å². The topological polar surface area (TPSA) is 71.5 Å². The van der Waals surface area contributed by atoms with E-state index in [-0.39, 0.29) is 17.7 Å². The minimum Gasteiger partial charge on any atom is -0.497 e. The molecule has 0 radical (unpaired) electrons. The summed E-state index contributed by atoms with van der Waals surface area (Å²) in [6.07, 6.45) is 1.57. The fraction of sp³-hybridized carbons (Fsp3) is 0.261. The minimum absolute atomic E-state index is 0.0455. The summed E-state index contributed by atoms with van der Waals surface area (Å²) in [5, 5.41) is 5.52. The number of anilines is 1. The number of nitrogens with zero attached hydrogens (tertiary/aromatic N) is 2. The molecule has 154 valence electrons. The number of carbonyl (C=O) groups is 2. The van der Waals surface area contributed by atoms with Gasteiger partial charge >= 0.3 is 0 Å². The predicted octanol–water partition coefficient (Wildman–Crippen LogP) is 4.31. The van der Waals surface area contributed by atoms with Crippen molar-refractivity contribution >= 4 is 28.8 Å². The third kappa shape index (κ3) is 4.52. The summed E-state index contributed by atoms with van der Waals surface area (Å²) >= 11 is 1.44. The first-order chi connectivity index (χ1) is 14.6. The number of rotatable bonds is 5. The van der Waals surface area contributed by atoms with Crippen molar-refractivity contribution < 1.29 is 14.3 Å². The van der Waals surface area contributed by atoms with Crippen LogP contribution in [0.2, 0.25) is 0 Å². The SMILES string of the molecule is COc1ccc(-c2nc(C(=O)N3CCCC(C(=O)Nc4ccccc4)C3)cs2)cc1. The molecular weight excluding hydrogens is 398 g/mol. The molecule has 2 aromatic carbocycles. The molecule has 7 heteroatoms.